The maximum atomic E-state index is 11.8. The van der Waals surface area contributed by atoms with E-state index in [-0.39, 0.29) is 16.8 Å². The highest BCUT2D eigenvalue weighted by Crippen LogP contribution is 2.17. The number of aromatic nitrogens is 1. The summed E-state index contributed by atoms with van der Waals surface area (Å²) in [6.07, 6.45) is 3.09. The van der Waals surface area contributed by atoms with E-state index in [4.69, 9.17) is 10.3 Å². The highest BCUT2D eigenvalue weighted by Gasteiger charge is 2.23. The Hall–Kier alpha value is -2.11. The largest absolute Gasteiger partial charge is 0.477 e. The molecule has 0 bridgehead atoms. The third kappa shape index (κ3) is 1.48. The second-order valence-corrected chi connectivity index (χ2v) is 3.59. The summed E-state index contributed by atoms with van der Waals surface area (Å²) in [7, 11) is 0. The number of carboxylic acids is 1. The van der Waals surface area contributed by atoms with Crippen molar-refractivity contribution in [2.24, 2.45) is 5.16 Å². The van der Waals surface area contributed by atoms with Crippen LogP contribution in [0.15, 0.2) is 16.1 Å². The van der Waals surface area contributed by atoms with Gasteiger partial charge in [-0.2, -0.15) is 0 Å². The Bertz CT molecular complexity index is 530. The molecule has 1 aliphatic rings. The summed E-state index contributed by atoms with van der Waals surface area (Å²) in [5, 5.41) is 20.6. The van der Waals surface area contributed by atoms with Gasteiger partial charge in [-0.25, -0.2) is 4.79 Å². The number of hydrogen-bond acceptors (Lipinski definition) is 4. The lowest BCUT2D eigenvalue weighted by molar-refractivity contribution is 0.0695. The quantitative estimate of drug-likeness (QED) is 0.477. The molecule has 1 aromatic heterocycles. The van der Waals surface area contributed by atoms with E-state index in [1.807, 2.05) is 0 Å². The van der Waals surface area contributed by atoms with E-state index in [0.29, 0.717) is 18.5 Å². The molecule has 2 rings (SSSR count). The minimum absolute atomic E-state index is 0.202. The third-order valence-corrected chi connectivity index (χ3v) is 2.64. The van der Waals surface area contributed by atoms with Gasteiger partial charge in [0.2, 0.25) is 5.43 Å². The molecule has 0 atom stereocenters. The van der Waals surface area contributed by atoms with Crippen molar-refractivity contribution in [3.63, 3.8) is 0 Å². The van der Waals surface area contributed by atoms with Crippen molar-refractivity contribution in [2.75, 3.05) is 0 Å². The van der Waals surface area contributed by atoms with Crippen molar-refractivity contribution in [1.82, 2.24) is 4.98 Å². The van der Waals surface area contributed by atoms with Gasteiger partial charge in [0.15, 0.2) is 0 Å². The molecule has 1 heterocycles. The lowest BCUT2D eigenvalue weighted by atomic mass is 9.92. The van der Waals surface area contributed by atoms with Crippen molar-refractivity contribution < 1.29 is 15.1 Å². The maximum absolute atomic E-state index is 11.8. The number of aromatic carboxylic acids is 1. The Balaban J connectivity index is 2.72. The zero-order chi connectivity index (χ0) is 11.7. The number of carbonyl (C=O) groups is 1. The van der Waals surface area contributed by atoms with Gasteiger partial charge in [0.1, 0.15) is 5.56 Å². The Morgan fingerprint density at radius 1 is 1.44 bits per heavy atom. The van der Waals surface area contributed by atoms with Crippen molar-refractivity contribution in [3.8, 4) is 0 Å². The van der Waals surface area contributed by atoms with Gasteiger partial charge >= 0.3 is 5.97 Å². The van der Waals surface area contributed by atoms with Crippen LogP contribution in [0.2, 0.25) is 0 Å². The molecule has 0 saturated carbocycles. The van der Waals surface area contributed by atoms with E-state index in [1.54, 1.807) is 0 Å². The molecule has 0 radical (unpaired) electrons. The fourth-order valence-corrected chi connectivity index (χ4v) is 1.89. The van der Waals surface area contributed by atoms with E-state index in [9.17, 15) is 9.59 Å². The highest BCUT2D eigenvalue weighted by atomic mass is 16.4. The molecule has 6 heteroatoms. The molecule has 0 saturated heterocycles. The van der Waals surface area contributed by atoms with Crippen LogP contribution in [0.1, 0.15) is 34.5 Å². The number of rotatable bonds is 1. The van der Waals surface area contributed by atoms with Gasteiger partial charge in [-0.15, -0.1) is 0 Å². The average Bonchev–Trinajstić information content (AvgIpc) is 2.28. The summed E-state index contributed by atoms with van der Waals surface area (Å²) in [6.45, 7) is 0. The van der Waals surface area contributed by atoms with Crippen molar-refractivity contribution in [1.29, 1.82) is 0 Å². The van der Waals surface area contributed by atoms with Crippen LogP contribution in [-0.4, -0.2) is 27.0 Å². The molecule has 0 unspecified atom stereocenters. The lowest BCUT2D eigenvalue weighted by Gasteiger charge is -2.15. The van der Waals surface area contributed by atoms with Crippen LogP contribution in [0.4, 0.5) is 0 Å². The van der Waals surface area contributed by atoms with E-state index in [2.05, 4.69) is 10.1 Å². The number of aromatic amines is 1. The summed E-state index contributed by atoms with van der Waals surface area (Å²) in [5.41, 5.74) is 0.170. The predicted octanol–water partition coefficient (Wildman–Crippen LogP) is 0.588. The first-order chi connectivity index (χ1) is 7.65. The van der Waals surface area contributed by atoms with Crippen LogP contribution in [-0.2, 0) is 6.42 Å². The standard InChI is InChI=1S/C10H10N2O4/c13-9-5(10(14)15)4-11-6-2-1-3-7(12-16)8(6)9/h4,16H,1-3H2,(H,11,13)(H,14,15)/b12-7+. The molecule has 0 aromatic carbocycles. The molecular formula is C10H10N2O4. The smallest absolute Gasteiger partial charge is 0.341 e. The van der Waals surface area contributed by atoms with E-state index in [0.717, 1.165) is 6.42 Å². The van der Waals surface area contributed by atoms with Crippen LogP contribution < -0.4 is 5.43 Å². The van der Waals surface area contributed by atoms with Gasteiger partial charge < -0.3 is 15.3 Å². The number of nitrogens with one attached hydrogen (secondary N) is 1. The molecule has 1 aliphatic carbocycles. The number of pyridine rings is 1. The number of aryl methyl sites for hydroxylation is 1. The highest BCUT2D eigenvalue weighted by molar-refractivity contribution is 6.03. The molecule has 0 fully saturated rings. The van der Waals surface area contributed by atoms with Crippen molar-refractivity contribution in [3.05, 3.63) is 33.2 Å². The van der Waals surface area contributed by atoms with Crippen LogP contribution in [0.5, 0.6) is 0 Å². The number of fused-ring (bicyclic) bond motifs is 1. The normalized spacial score (nSPS) is 17.1. The molecule has 16 heavy (non-hydrogen) atoms. The first-order valence-corrected chi connectivity index (χ1v) is 4.84. The summed E-state index contributed by atoms with van der Waals surface area (Å²) in [4.78, 5) is 25.4. The Labute approximate surface area is 90.2 Å². The van der Waals surface area contributed by atoms with Crippen LogP contribution >= 0.6 is 0 Å². The molecule has 0 spiro atoms. The number of H-pyrrole nitrogens is 1. The van der Waals surface area contributed by atoms with Crippen LogP contribution in [0.3, 0.4) is 0 Å². The minimum atomic E-state index is -1.29. The molecule has 1 aromatic rings. The number of hydrogen-bond donors (Lipinski definition) is 3. The fourth-order valence-electron chi connectivity index (χ4n) is 1.89. The van der Waals surface area contributed by atoms with Crippen LogP contribution in [0.25, 0.3) is 0 Å². The Morgan fingerprint density at radius 2 is 2.19 bits per heavy atom. The summed E-state index contributed by atoms with van der Waals surface area (Å²) in [5.74, 6) is -1.29. The van der Waals surface area contributed by atoms with Gasteiger partial charge in [0.05, 0.1) is 11.3 Å². The summed E-state index contributed by atoms with van der Waals surface area (Å²) in [6, 6.07) is 0. The van der Waals surface area contributed by atoms with Gasteiger partial charge in [0.25, 0.3) is 0 Å². The average molecular weight is 222 g/mol. The molecule has 6 nitrogen and oxygen atoms in total. The minimum Gasteiger partial charge on any atom is -0.477 e. The zero-order valence-corrected chi connectivity index (χ0v) is 8.36. The van der Waals surface area contributed by atoms with Crippen molar-refractivity contribution in [2.45, 2.75) is 19.3 Å². The molecule has 0 amide bonds. The first kappa shape index (κ1) is 10.4. The second-order valence-electron chi connectivity index (χ2n) is 3.59. The second kappa shape index (κ2) is 3.80. The van der Waals surface area contributed by atoms with Gasteiger partial charge in [-0.1, -0.05) is 5.16 Å². The number of nitrogens with zero attached hydrogens (tertiary/aromatic N) is 1. The maximum Gasteiger partial charge on any atom is 0.341 e. The van der Waals surface area contributed by atoms with Gasteiger partial charge in [-0.3, -0.25) is 4.79 Å². The van der Waals surface area contributed by atoms with Gasteiger partial charge in [0, 0.05) is 11.9 Å². The molecular weight excluding hydrogens is 212 g/mol. The fraction of sp³-hybridized carbons (Fsp3) is 0.300. The Morgan fingerprint density at radius 3 is 2.81 bits per heavy atom. The summed E-state index contributed by atoms with van der Waals surface area (Å²) < 4.78 is 0. The molecule has 0 aliphatic heterocycles. The monoisotopic (exact) mass is 222 g/mol. The molecule has 84 valence electrons. The number of oxime groups is 1. The van der Waals surface area contributed by atoms with Gasteiger partial charge in [-0.05, 0) is 19.3 Å². The van der Waals surface area contributed by atoms with E-state index >= 15 is 0 Å². The van der Waals surface area contributed by atoms with Crippen LogP contribution in [0, 0.1) is 0 Å². The van der Waals surface area contributed by atoms with E-state index in [1.165, 1.54) is 6.20 Å². The lowest BCUT2D eigenvalue weighted by Crippen LogP contribution is -2.28. The topological polar surface area (TPSA) is 103 Å². The molecule has 3 N–H and O–H groups in total. The first-order valence-electron chi connectivity index (χ1n) is 4.84. The van der Waals surface area contributed by atoms with Crippen molar-refractivity contribution >= 4 is 11.7 Å². The predicted molar refractivity (Wildman–Crippen MR) is 55.3 cm³/mol. The Kier molecular flexibility index (Phi) is 2.47. The summed E-state index contributed by atoms with van der Waals surface area (Å²) >= 11 is 0. The third-order valence-electron chi connectivity index (χ3n) is 2.64. The number of carboxylic acid groups (broad SMARTS) is 1. The zero-order valence-electron chi connectivity index (χ0n) is 8.36. The SMILES string of the molecule is O=C(O)c1c[nH]c2c(c1=O)/C(=N/O)CCC2. The van der Waals surface area contributed by atoms with E-state index < -0.39 is 11.4 Å².